The summed E-state index contributed by atoms with van der Waals surface area (Å²) in [6, 6.07) is 48.4. The van der Waals surface area contributed by atoms with Gasteiger partial charge in [0.25, 0.3) is 0 Å². The van der Waals surface area contributed by atoms with E-state index in [9.17, 15) is 30.6 Å². The maximum absolute atomic E-state index is 10.6. The van der Waals surface area contributed by atoms with E-state index in [1.165, 1.54) is 121 Å². The van der Waals surface area contributed by atoms with E-state index in [-0.39, 0.29) is 21.7 Å². The van der Waals surface area contributed by atoms with Crippen LogP contribution < -0.4 is 0 Å². The molecule has 0 spiro atoms. The fourth-order valence-corrected chi connectivity index (χ4v) is 12.7. The van der Waals surface area contributed by atoms with Gasteiger partial charge in [-0.2, -0.15) is 0 Å². The summed E-state index contributed by atoms with van der Waals surface area (Å²) in [6.45, 7) is 27.5. The van der Waals surface area contributed by atoms with Crippen molar-refractivity contribution in [2.75, 3.05) is 0 Å². The summed E-state index contributed by atoms with van der Waals surface area (Å²) in [7, 11) is 59.2. The van der Waals surface area contributed by atoms with Gasteiger partial charge in [-0.1, -0.05) is 205 Å². The molecule has 6 fully saturated rings. The first-order valence-electron chi connectivity index (χ1n) is 41.1. The molecule has 0 amide bonds. The average molecular weight is 2380 g/mol. The van der Waals surface area contributed by atoms with Crippen molar-refractivity contribution in [1.29, 1.82) is 0 Å². The fraction of sp³-hybridized carbons (Fsp3) is 0.478. The Morgan fingerprint density at radius 1 is 0.270 bits per heavy atom. The molecule has 6 N–H and O–H groups in total. The van der Waals surface area contributed by atoms with E-state index in [4.69, 9.17) is 102 Å². The van der Waals surface area contributed by atoms with Crippen LogP contribution in [0, 0.1) is 13.8 Å². The predicted molar refractivity (Wildman–Crippen MR) is 508 cm³/mol. The van der Waals surface area contributed by atoms with E-state index < -0.39 is 125 Å². The van der Waals surface area contributed by atoms with Crippen LogP contribution in [-0.4, -0.2) is 104 Å². The summed E-state index contributed by atoms with van der Waals surface area (Å²) in [4.78, 5) is 27.0. The van der Waals surface area contributed by atoms with Crippen LogP contribution in [-0.2, 0) is 147 Å². The molecule has 7 aromatic rings. The molecule has 0 aliphatic heterocycles. The Morgan fingerprint density at radius 3 is 0.680 bits per heavy atom. The molecule has 6 aliphatic rings. The molecular weight excluding hydrogens is 2260 g/mol. The van der Waals surface area contributed by atoms with Crippen molar-refractivity contribution in [2.24, 2.45) is 30.0 Å². The molecule has 30 heteroatoms. The van der Waals surface area contributed by atoms with Crippen LogP contribution >= 0.6 is 102 Å². The Labute approximate surface area is 842 Å². The van der Waals surface area contributed by atoms with Gasteiger partial charge < -0.3 is 30.6 Å². The van der Waals surface area contributed by atoms with Crippen LogP contribution in [0.15, 0.2) is 169 Å². The van der Waals surface area contributed by atoms with E-state index in [0.29, 0.717) is 70.7 Å². The van der Waals surface area contributed by atoms with Crippen molar-refractivity contribution in [3.8, 4) is 34.5 Å². The van der Waals surface area contributed by atoms with E-state index >= 15 is 0 Å². The number of aliphatic imine (C=N–C) groups is 6. The predicted octanol–water partition coefficient (Wildman–Crippen LogP) is 30.4. The number of rotatable bonds is 20. The molecule has 0 radical (unpaired) electrons. The number of halogens is 12. The molecule has 0 saturated heterocycles. The molecule has 0 aromatic heterocycles. The van der Waals surface area contributed by atoms with E-state index in [2.05, 4.69) is 118 Å². The first-order valence-corrected chi connectivity index (χ1v) is 79.1. The van der Waals surface area contributed by atoms with Gasteiger partial charge in [-0.15, -0.1) is 0 Å². The van der Waals surface area contributed by atoms with Gasteiger partial charge in [0, 0.05) is 123 Å². The standard InChI is InChI=1S/C19H21NO.C17H25NO.C16H23NO.C15H21NO.C13H17NO.C12H15NO.12ClH.6Zr/c1-19(2,15-8-4-3-5-9-15)17-10-6-7-14(18(17)21)13-20-16-11-12-16;1-4-17(2,3)15-11-7-8-13(16(15)19)12-18-14-9-5-6-10-14;1-4-16(2,3)14-10-5-7-12(15(14)18)11-17-13-8-6-9-13;1-4-15(2,3)13-7-5-6-11(14(13)17)10-16-12-8-9-12;1-10-5-4-6-11(13(10)15)9-14-12-7-2-3-8-12;1-9-4-2-5-10(12(9)14)8-13-11-6-3-7-11;;;;;;;;;;;;;;;;;;/h3-10,13,16,21H,11-12H2,1-2H3;7-8,11-12,14,19H,4-6,9-10H2,1-3H3;5,7,10-11,13,18H,4,6,8-9H2,1-3H3;5-7,10,12,17H,4,8-9H2,1-3H3;4-6,9,12,15H,2-3,7-8H2,1H3;2,4-5,8,11,14H,3,6-7H2,1H3;12*1H;;;;;;/q;;;;;;;;;;;;;;;;;;6*+2/p-12. The number of aryl methyl sites for hydroxylation is 2. The molecule has 7 aromatic carbocycles. The summed E-state index contributed by atoms with van der Waals surface area (Å²) in [5, 5.41) is 61.2. The van der Waals surface area contributed by atoms with Crippen LogP contribution in [0.5, 0.6) is 34.5 Å². The number of hydrogen-bond donors (Lipinski definition) is 6. The second kappa shape index (κ2) is 67.3. The number of aromatic hydroxyl groups is 6. The molecule has 12 nitrogen and oxygen atoms in total. The van der Waals surface area contributed by atoms with Gasteiger partial charge in [-0.25, -0.2) is 0 Å². The number of hydrogen-bond acceptors (Lipinski definition) is 12. The number of nitrogens with zero attached hydrogens (tertiary/aromatic N) is 6. The van der Waals surface area contributed by atoms with Crippen molar-refractivity contribution in [2.45, 2.75) is 283 Å². The van der Waals surface area contributed by atoms with Crippen molar-refractivity contribution in [3.63, 3.8) is 0 Å². The van der Waals surface area contributed by atoms with E-state index in [1.807, 2.05) is 172 Å². The van der Waals surface area contributed by atoms with Crippen molar-refractivity contribution in [3.05, 3.63) is 212 Å². The third-order valence-corrected chi connectivity index (χ3v) is 22.3. The maximum atomic E-state index is 10.6. The van der Waals surface area contributed by atoms with Gasteiger partial charge in [0.15, 0.2) is 0 Å². The van der Waals surface area contributed by atoms with Gasteiger partial charge in [-0.05, 0) is 192 Å². The minimum absolute atomic E-state index is 0.00128. The number of phenols is 6. The fourth-order valence-electron chi connectivity index (χ4n) is 12.7. The Bertz CT molecular complexity index is 4230. The first-order chi connectivity index (χ1) is 58.2. The second-order valence-electron chi connectivity index (χ2n) is 32.3. The van der Waals surface area contributed by atoms with Gasteiger partial charge in [-0.3, -0.25) is 30.0 Å². The topological polar surface area (TPSA) is 196 Å². The summed E-state index contributed by atoms with van der Waals surface area (Å²) in [5.41, 5.74) is 11.8. The number of para-hydroxylation sites is 6. The Morgan fingerprint density at radius 2 is 0.467 bits per heavy atom. The van der Waals surface area contributed by atoms with Gasteiger partial charge in [0.1, 0.15) is 34.5 Å². The summed E-state index contributed by atoms with van der Waals surface area (Å²) < 4.78 is 0. The quantitative estimate of drug-likeness (QED) is 0.0411. The number of phenolic OH excluding ortho intramolecular Hbond substituents is 6. The molecule has 664 valence electrons. The van der Waals surface area contributed by atoms with Crippen LogP contribution in [0.25, 0.3) is 0 Å². The second-order valence-corrected chi connectivity index (χ2v) is 54.7. The molecule has 6 aliphatic carbocycles. The van der Waals surface area contributed by atoms with Crippen molar-refractivity contribution < 1.29 is 156 Å². The molecule has 122 heavy (non-hydrogen) atoms. The Hall–Kier alpha value is 0.139. The Kier molecular flexibility index (Phi) is 65.2. The summed E-state index contributed by atoms with van der Waals surface area (Å²) >= 11 is -4.95. The molecule has 0 atom stereocenters. The van der Waals surface area contributed by atoms with Crippen LogP contribution in [0.3, 0.4) is 0 Å². The zero-order valence-electron chi connectivity index (χ0n) is 72.5. The van der Waals surface area contributed by atoms with E-state index in [0.717, 1.165) is 86.0 Å². The zero-order valence-corrected chi connectivity index (χ0v) is 96.3. The third-order valence-electron chi connectivity index (χ3n) is 22.3. The summed E-state index contributed by atoms with van der Waals surface area (Å²) in [6.07, 6.45) is 36.0. The molecule has 0 unspecified atom stereocenters. The van der Waals surface area contributed by atoms with E-state index in [1.54, 1.807) is 6.21 Å². The summed E-state index contributed by atoms with van der Waals surface area (Å²) in [5.74, 6) is 2.25. The zero-order chi connectivity index (χ0) is 91.3. The van der Waals surface area contributed by atoms with Crippen LogP contribution in [0.2, 0.25) is 0 Å². The SMILES string of the molecule is CC(C)(c1ccccc1)c1cccc(C=NC2CC2)c1O.CCC(C)(C)c1cccc(C=NC2CC2)c1O.CCC(C)(C)c1cccc(C=NC2CCC2)c1O.CCC(C)(C)c1cccc(C=NC2CCCC2)c1O.Cc1cccc(C=NC2CCC2)c1O.Cc1cccc(C=NC2CCCC2)c1O.[Cl][Zr][Cl].[Cl][Zr][Cl].[Cl][Zr][Cl].[Cl][Zr][Cl].[Cl][Zr][Cl].[Cl][Zr][Cl]. The van der Waals surface area contributed by atoms with Gasteiger partial charge >= 0.3 is 227 Å². The Balaban J connectivity index is 0.000000478. The van der Waals surface area contributed by atoms with Crippen LogP contribution in [0.4, 0.5) is 0 Å². The normalized spacial score (nSPS) is 15.1. The molecular formula is C92H122Cl12N6O6Zr6. The van der Waals surface area contributed by atoms with Crippen molar-refractivity contribution >= 4 is 139 Å². The first kappa shape index (κ1) is 118. The van der Waals surface area contributed by atoms with Crippen LogP contribution in [0.1, 0.15) is 283 Å². The molecule has 6 saturated carbocycles. The molecule has 0 bridgehead atoms. The molecule has 13 rings (SSSR count). The molecule has 0 heterocycles. The van der Waals surface area contributed by atoms with Gasteiger partial charge in [0.05, 0.1) is 12.1 Å². The number of benzene rings is 7. The van der Waals surface area contributed by atoms with Crippen molar-refractivity contribution in [1.82, 2.24) is 0 Å². The minimum atomic E-state index is -0.826. The monoisotopic (exact) mass is 2370 g/mol. The average Bonchev–Trinajstić information content (AvgIpc) is 1.35. The van der Waals surface area contributed by atoms with Gasteiger partial charge in [0.2, 0.25) is 0 Å². The third kappa shape index (κ3) is 45.7.